The van der Waals surface area contributed by atoms with E-state index in [9.17, 15) is 4.79 Å². The summed E-state index contributed by atoms with van der Waals surface area (Å²) in [5.41, 5.74) is 0. The van der Waals surface area contributed by atoms with Crippen molar-refractivity contribution in [1.29, 1.82) is 0 Å². The molecule has 1 N–H and O–H groups in total. The van der Waals surface area contributed by atoms with Crippen LogP contribution in [0.4, 0.5) is 5.13 Å². The second kappa shape index (κ2) is 10.1. The molecule has 1 aromatic carbocycles. The molecule has 0 radical (unpaired) electrons. The summed E-state index contributed by atoms with van der Waals surface area (Å²) < 4.78 is 13.3. The van der Waals surface area contributed by atoms with E-state index in [0.717, 1.165) is 0 Å². The molecule has 0 aliphatic rings. The van der Waals surface area contributed by atoms with Gasteiger partial charge in [-0.1, -0.05) is 30.0 Å². The lowest BCUT2D eigenvalue weighted by molar-refractivity contribution is -0.113. The predicted molar refractivity (Wildman–Crippen MR) is 114 cm³/mol. The van der Waals surface area contributed by atoms with Crippen molar-refractivity contribution in [2.24, 2.45) is 0 Å². The van der Waals surface area contributed by atoms with Gasteiger partial charge in [0, 0.05) is 18.1 Å². The van der Waals surface area contributed by atoms with E-state index in [1.807, 2.05) is 35.8 Å². The summed E-state index contributed by atoms with van der Waals surface area (Å²) >= 11 is 2.67. The number of hydrogen-bond acceptors (Lipinski definition) is 8. The summed E-state index contributed by atoms with van der Waals surface area (Å²) in [4.78, 5) is 16.2. The van der Waals surface area contributed by atoms with E-state index in [2.05, 4.69) is 27.1 Å². The number of methoxy groups -OCH3 is 1. The lowest BCUT2D eigenvalue weighted by Crippen LogP contribution is -2.15. The molecule has 3 rings (SSSR count). The Morgan fingerprint density at radius 1 is 1.38 bits per heavy atom. The molecule has 1 unspecified atom stereocenters. The number of para-hydroxylation sites is 2. The van der Waals surface area contributed by atoms with Crippen molar-refractivity contribution in [3.8, 4) is 11.5 Å². The maximum atomic E-state index is 12.1. The molecule has 0 aliphatic carbocycles. The normalized spacial score (nSPS) is 11.7. The second-order valence-corrected chi connectivity index (χ2v) is 7.66. The van der Waals surface area contributed by atoms with Gasteiger partial charge in [0.25, 0.3) is 0 Å². The molecule has 2 aromatic heterocycles. The Morgan fingerprint density at radius 3 is 2.86 bits per heavy atom. The van der Waals surface area contributed by atoms with Gasteiger partial charge in [0.1, 0.15) is 0 Å². The number of thioether (sulfide) groups is 1. The Balaban J connectivity index is 1.70. The van der Waals surface area contributed by atoms with Gasteiger partial charge in [-0.05, 0) is 19.1 Å². The number of hydrogen-bond donors (Lipinski definition) is 1. The van der Waals surface area contributed by atoms with Crippen LogP contribution in [-0.2, 0) is 11.3 Å². The highest BCUT2D eigenvalue weighted by atomic mass is 32.2. The number of anilines is 1. The van der Waals surface area contributed by atoms with E-state index in [0.29, 0.717) is 34.2 Å². The Morgan fingerprint density at radius 2 is 2.17 bits per heavy atom. The van der Waals surface area contributed by atoms with Crippen LogP contribution >= 0.6 is 23.1 Å². The molecule has 10 heteroatoms. The van der Waals surface area contributed by atoms with Crippen molar-refractivity contribution in [1.82, 2.24) is 19.7 Å². The third-order valence-corrected chi connectivity index (χ3v) is 5.46. The number of carbonyl (C=O) groups is 1. The minimum atomic E-state index is -0.378. The fourth-order valence-electron chi connectivity index (χ4n) is 2.54. The number of ether oxygens (including phenoxy) is 2. The molecule has 0 fully saturated rings. The predicted octanol–water partition coefficient (Wildman–Crippen LogP) is 3.80. The van der Waals surface area contributed by atoms with Crippen LogP contribution in [0.25, 0.3) is 0 Å². The fraction of sp³-hybridized carbons (Fsp3) is 0.263. The maximum absolute atomic E-state index is 12.1. The number of nitrogens with one attached hydrogen (secondary N) is 1. The molecule has 1 atom stereocenters. The zero-order valence-electron chi connectivity index (χ0n) is 16.1. The molecule has 8 nitrogen and oxygen atoms in total. The van der Waals surface area contributed by atoms with Crippen molar-refractivity contribution >= 4 is 34.1 Å². The number of nitrogens with zero attached hydrogens (tertiary/aromatic N) is 4. The Bertz CT molecular complexity index is 959. The van der Waals surface area contributed by atoms with Gasteiger partial charge in [-0.3, -0.25) is 9.36 Å². The van der Waals surface area contributed by atoms with Gasteiger partial charge in [0.15, 0.2) is 33.7 Å². The number of carbonyl (C=O) groups excluding carboxylic acids is 1. The van der Waals surface area contributed by atoms with Crippen LogP contribution < -0.4 is 14.8 Å². The maximum Gasteiger partial charge on any atom is 0.236 e. The first-order chi connectivity index (χ1) is 14.1. The van der Waals surface area contributed by atoms with E-state index < -0.39 is 0 Å². The van der Waals surface area contributed by atoms with E-state index in [1.54, 1.807) is 24.8 Å². The molecule has 152 valence electrons. The summed E-state index contributed by atoms with van der Waals surface area (Å²) in [6, 6.07) is 7.42. The molecule has 2 heterocycles. The molecule has 0 saturated carbocycles. The van der Waals surface area contributed by atoms with Gasteiger partial charge in [-0.2, -0.15) is 0 Å². The zero-order chi connectivity index (χ0) is 20.6. The third-order valence-electron chi connectivity index (χ3n) is 3.80. The largest absolute Gasteiger partial charge is 0.493 e. The number of amides is 1. The number of rotatable bonds is 10. The SMILES string of the molecule is C=CCn1c(SCC(=O)Nc2nccs2)nnc1C(C)Oc1ccccc1OC. The van der Waals surface area contributed by atoms with Crippen molar-refractivity contribution in [3.05, 3.63) is 54.3 Å². The summed E-state index contributed by atoms with van der Waals surface area (Å²) in [5, 5.41) is 14.3. The smallest absolute Gasteiger partial charge is 0.236 e. The van der Waals surface area contributed by atoms with E-state index in [-0.39, 0.29) is 17.8 Å². The average Bonchev–Trinajstić information content (AvgIpc) is 3.37. The van der Waals surface area contributed by atoms with Gasteiger partial charge in [-0.25, -0.2) is 4.98 Å². The first-order valence-electron chi connectivity index (χ1n) is 8.78. The molecule has 0 bridgehead atoms. The van der Waals surface area contributed by atoms with Gasteiger partial charge >= 0.3 is 0 Å². The fourth-order valence-corrected chi connectivity index (χ4v) is 3.84. The van der Waals surface area contributed by atoms with E-state index >= 15 is 0 Å². The quantitative estimate of drug-likeness (QED) is 0.386. The van der Waals surface area contributed by atoms with E-state index in [4.69, 9.17) is 9.47 Å². The zero-order valence-corrected chi connectivity index (χ0v) is 17.7. The molecular weight excluding hydrogens is 410 g/mol. The first kappa shape index (κ1) is 20.9. The lowest BCUT2D eigenvalue weighted by Gasteiger charge is -2.17. The summed E-state index contributed by atoms with van der Waals surface area (Å²) in [6.45, 7) is 6.19. The second-order valence-electron chi connectivity index (χ2n) is 5.83. The standard InChI is InChI=1S/C19H21N5O3S2/c1-4-10-24-17(13(2)27-15-8-6-5-7-14(15)26-3)22-23-19(24)29-12-16(25)21-18-20-9-11-28-18/h4-9,11,13H,1,10,12H2,2-3H3,(H,20,21,25). The number of benzene rings is 1. The highest BCUT2D eigenvalue weighted by Gasteiger charge is 2.21. The van der Waals surface area contributed by atoms with Crippen LogP contribution in [0.1, 0.15) is 18.9 Å². The average molecular weight is 432 g/mol. The number of aromatic nitrogens is 4. The Labute approximate surface area is 177 Å². The van der Waals surface area contributed by atoms with E-state index in [1.165, 1.54) is 23.1 Å². The van der Waals surface area contributed by atoms with Gasteiger partial charge in [0.2, 0.25) is 5.91 Å². The summed E-state index contributed by atoms with van der Waals surface area (Å²) in [5.74, 6) is 1.93. The number of allylic oxidation sites excluding steroid dienone is 1. The minimum Gasteiger partial charge on any atom is -0.493 e. The molecule has 1 amide bonds. The molecule has 3 aromatic rings. The Hall–Kier alpha value is -2.85. The monoisotopic (exact) mass is 431 g/mol. The molecule has 0 spiro atoms. The van der Waals surface area contributed by atoms with Crippen LogP contribution in [-0.4, -0.2) is 38.5 Å². The summed E-state index contributed by atoms with van der Waals surface area (Å²) in [6.07, 6.45) is 3.02. The van der Waals surface area contributed by atoms with Crippen LogP contribution in [0.2, 0.25) is 0 Å². The third kappa shape index (κ3) is 5.36. The van der Waals surface area contributed by atoms with Gasteiger partial charge in [-0.15, -0.1) is 28.1 Å². The molecule has 0 aliphatic heterocycles. The topological polar surface area (TPSA) is 91.2 Å². The highest BCUT2D eigenvalue weighted by Crippen LogP contribution is 2.31. The summed E-state index contributed by atoms with van der Waals surface area (Å²) in [7, 11) is 1.60. The molecule has 0 saturated heterocycles. The van der Waals surface area contributed by atoms with Crippen molar-refractivity contribution in [3.63, 3.8) is 0 Å². The van der Waals surface area contributed by atoms with Gasteiger partial charge < -0.3 is 14.8 Å². The van der Waals surface area contributed by atoms with Crippen molar-refractivity contribution in [2.75, 3.05) is 18.2 Å². The molecule has 29 heavy (non-hydrogen) atoms. The molecular formula is C19H21N5O3S2. The number of thiazole rings is 1. The van der Waals surface area contributed by atoms with Crippen LogP contribution in [0.15, 0.2) is 53.7 Å². The van der Waals surface area contributed by atoms with Crippen molar-refractivity contribution < 1.29 is 14.3 Å². The van der Waals surface area contributed by atoms with Crippen LogP contribution in [0.3, 0.4) is 0 Å². The van der Waals surface area contributed by atoms with Crippen LogP contribution in [0, 0.1) is 0 Å². The first-order valence-corrected chi connectivity index (χ1v) is 10.6. The van der Waals surface area contributed by atoms with Gasteiger partial charge in [0.05, 0.1) is 12.9 Å². The lowest BCUT2D eigenvalue weighted by atomic mass is 10.3. The van der Waals surface area contributed by atoms with Crippen LogP contribution in [0.5, 0.6) is 11.5 Å². The van der Waals surface area contributed by atoms with Crippen molar-refractivity contribution in [2.45, 2.75) is 24.7 Å². The Kier molecular flexibility index (Phi) is 7.25. The highest BCUT2D eigenvalue weighted by molar-refractivity contribution is 7.99. The minimum absolute atomic E-state index is 0.155.